The minimum absolute atomic E-state index is 0.383. The van der Waals surface area contributed by atoms with Gasteiger partial charge in [-0.15, -0.1) is 0 Å². The highest BCUT2D eigenvalue weighted by molar-refractivity contribution is 5.99. The minimum Gasteiger partial charge on any atom is -0.357 e. The first-order chi connectivity index (χ1) is 14.5. The molecule has 2 amide bonds. The number of nitrogens with zero attached hydrogens (tertiary/aromatic N) is 3. The summed E-state index contributed by atoms with van der Waals surface area (Å²) in [5, 5.41) is 8.58. The Kier molecular flexibility index (Phi) is 6.79. The van der Waals surface area contributed by atoms with Crippen molar-refractivity contribution in [2.45, 2.75) is 20.8 Å². The van der Waals surface area contributed by atoms with Crippen LogP contribution in [0.15, 0.2) is 54.6 Å². The maximum atomic E-state index is 13.2. The second-order valence-corrected chi connectivity index (χ2v) is 6.62. The van der Waals surface area contributed by atoms with Gasteiger partial charge in [0, 0.05) is 36.2 Å². The van der Waals surface area contributed by atoms with E-state index in [9.17, 15) is 9.18 Å². The Morgan fingerprint density at radius 3 is 2.27 bits per heavy atom. The van der Waals surface area contributed by atoms with Crippen LogP contribution in [0.5, 0.6) is 0 Å². The maximum absolute atomic E-state index is 13.2. The second kappa shape index (κ2) is 9.69. The molecule has 3 N–H and O–H groups in total. The highest BCUT2D eigenvalue weighted by atomic mass is 19.1. The predicted octanol–water partition coefficient (Wildman–Crippen LogP) is 5.16. The lowest BCUT2D eigenvalue weighted by Crippen LogP contribution is -2.23. The first kappa shape index (κ1) is 21.0. The van der Waals surface area contributed by atoms with Gasteiger partial charge in [0.1, 0.15) is 23.3 Å². The Balaban J connectivity index is 1.64. The molecule has 8 heteroatoms. The van der Waals surface area contributed by atoms with Crippen molar-refractivity contribution in [1.29, 1.82) is 0 Å². The van der Waals surface area contributed by atoms with E-state index in [0.717, 1.165) is 24.6 Å². The number of rotatable bonds is 7. The van der Waals surface area contributed by atoms with E-state index in [4.69, 9.17) is 0 Å². The van der Waals surface area contributed by atoms with Crippen LogP contribution in [0.3, 0.4) is 0 Å². The summed E-state index contributed by atoms with van der Waals surface area (Å²) >= 11 is 0. The molecule has 0 fully saturated rings. The summed E-state index contributed by atoms with van der Waals surface area (Å²) in [7, 11) is 0. The standard InChI is InChI=1S/C22H25FN6O/c1-4-29(5-2)21-14-20(24-15(3)25-21)26-17-9-11-18(12-10-17)27-22(30)28-19-8-6-7-16(23)13-19/h6-14H,4-5H2,1-3H3,(H,24,25,26)(H2,27,28,30). The molecule has 0 radical (unpaired) electrons. The van der Waals surface area contributed by atoms with Gasteiger partial charge in [-0.1, -0.05) is 6.07 Å². The molecule has 0 atom stereocenters. The molecular weight excluding hydrogens is 383 g/mol. The minimum atomic E-state index is -0.448. The van der Waals surface area contributed by atoms with Crippen LogP contribution in [-0.2, 0) is 0 Å². The Morgan fingerprint density at radius 1 is 0.933 bits per heavy atom. The number of halogens is 1. The number of hydrogen-bond acceptors (Lipinski definition) is 5. The van der Waals surface area contributed by atoms with Crippen molar-refractivity contribution in [3.05, 3.63) is 66.2 Å². The Bertz CT molecular complexity index is 1000. The lowest BCUT2D eigenvalue weighted by atomic mass is 10.2. The van der Waals surface area contributed by atoms with Crippen molar-refractivity contribution in [2.24, 2.45) is 0 Å². The molecule has 2 aromatic carbocycles. The number of urea groups is 1. The van der Waals surface area contributed by atoms with Gasteiger partial charge >= 0.3 is 6.03 Å². The van der Waals surface area contributed by atoms with E-state index in [-0.39, 0.29) is 0 Å². The van der Waals surface area contributed by atoms with Crippen LogP contribution in [0.25, 0.3) is 0 Å². The molecule has 0 aliphatic heterocycles. The largest absolute Gasteiger partial charge is 0.357 e. The summed E-state index contributed by atoms with van der Waals surface area (Å²) in [5.74, 6) is 1.86. The fourth-order valence-electron chi connectivity index (χ4n) is 2.97. The molecule has 0 bridgehead atoms. The molecule has 1 heterocycles. The van der Waals surface area contributed by atoms with Gasteiger partial charge < -0.3 is 20.9 Å². The monoisotopic (exact) mass is 408 g/mol. The molecule has 30 heavy (non-hydrogen) atoms. The first-order valence-corrected chi connectivity index (χ1v) is 9.78. The third-order valence-electron chi connectivity index (χ3n) is 4.41. The lowest BCUT2D eigenvalue weighted by Gasteiger charge is -2.20. The Hall–Kier alpha value is -3.68. The topological polar surface area (TPSA) is 82.2 Å². The molecule has 3 aromatic rings. The molecule has 156 valence electrons. The van der Waals surface area contributed by atoms with Crippen molar-refractivity contribution in [2.75, 3.05) is 33.9 Å². The first-order valence-electron chi connectivity index (χ1n) is 9.78. The number of hydrogen-bond donors (Lipinski definition) is 3. The van der Waals surface area contributed by atoms with Crippen molar-refractivity contribution in [3.8, 4) is 0 Å². The third-order valence-corrected chi connectivity index (χ3v) is 4.41. The van der Waals surface area contributed by atoms with Crippen LogP contribution in [-0.4, -0.2) is 29.1 Å². The molecule has 0 aliphatic carbocycles. The predicted molar refractivity (Wildman–Crippen MR) is 119 cm³/mol. The molecule has 0 unspecified atom stereocenters. The van der Waals surface area contributed by atoms with E-state index < -0.39 is 11.8 Å². The van der Waals surface area contributed by atoms with Gasteiger partial charge in [0.2, 0.25) is 0 Å². The molecule has 3 rings (SSSR count). The highest BCUT2D eigenvalue weighted by Crippen LogP contribution is 2.21. The molecule has 1 aromatic heterocycles. The number of carbonyl (C=O) groups is 1. The van der Waals surface area contributed by atoms with Gasteiger partial charge in [-0.3, -0.25) is 0 Å². The van der Waals surface area contributed by atoms with Crippen molar-refractivity contribution >= 4 is 34.7 Å². The van der Waals surface area contributed by atoms with Crippen LogP contribution in [0.4, 0.5) is 37.9 Å². The summed E-state index contributed by atoms with van der Waals surface area (Å²) in [5.41, 5.74) is 1.82. The molecule has 0 saturated carbocycles. The number of aromatic nitrogens is 2. The summed E-state index contributed by atoms with van der Waals surface area (Å²) < 4.78 is 13.2. The van der Waals surface area contributed by atoms with Gasteiger partial charge in [-0.05, 0) is 63.2 Å². The number of nitrogens with one attached hydrogen (secondary N) is 3. The van der Waals surface area contributed by atoms with E-state index >= 15 is 0 Å². The number of aryl methyl sites for hydroxylation is 1. The van der Waals surface area contributed by atoms with E-state index in [1.54, 1.807) is 18.2 Å². The van der Waals surface area contributed by atoms with Gasteiger partial charge in [-0.25, -0.2) is 19.2 Å². The Labute approximate surface area is 175 Å². The number of carbonyl (C=O) groups excluding carboxylic acids is 1. The summed E-state index contributed by atoms with van der Waals surface area (Å²) in [6.45, 7) is 7.77. The average Bonchev–Trinajstić information content (AvgIpc) is 2.70. The zero-order valence-electron chi connectivity index (χ0n) is 17.2. The van der Waals surface area contributed by atoms with Crippen LogP contribution >= 0.6 is 0 Å². The second-order valence-electron chi connectivity index (χ2n) is 6.62. The molecule has 0 aliphatic rings. The number of benzene rings is 2. The summed E-state index contributed by atoms with van der Waals surface area (Å²) in [6, 6.07) is 14.4. The van der Waals surface area contributed by atoms with Gasteiger partial charge in [0.05, 0.1) is 0 Å². The highest BCUT2D eigenvalue weighted by Gasteiger charge is 2.08. The zero-order valence-corrected chi connectivity index (χ0v) is 17.2. The van der Waals surface area contributed by atoms with Crippen LogP contribution in [0.2, 0.25) is 0 Å². The van der Waals surface area contributed by atoms with E-state index in [1.807, 2.05) is 25.1 Å². The molecular formula is C22H25FN6O. The average molecular weight is 408 g/mol. The molecule has 7 nitrogen and oxygen atoms in total. The quantitative estimate of drug-likeness (QED) is 0.503. The van der Waals surface area contributed by atoms with E-state index in [1.165, 1.54) is 18.2 Å². The van der Waals surface area contributed by atoms with E-state index in [0.29, 0.717) is 23.0 Å². The number of amides is 2. The van der Waals surface area contributed by atoms with Crippen molar-refractivity contribution in [3.63, 3.8) is 0 Å². The fraction of sp³-hybridized carbons (Fsp3) is 0.227. The summed E-state index contributed by atoms with van der Waals surface area (Å²) in [6.07, 6.45) is 0. The van der Waals surface area contributed by atoms with Gasteiger partial charge in [-0.2, -0.15) is 0 Å². The smallest absolute Gasteiger partial charge is 0.323 e. The van der Waals surface area contributed by atoms with Crippen LogP contribution < -0.4 is 20.9 Å². The Morgan fingerprint density at radius 2 is 1.60 bits per heavy atom. The fourth-order valence-corrected chi connectivity index (χ4v) is 2.97. The van der Waals surface area contributed by atoms with Crippen molar-refractivity contribution < 1.29 is 9.18 Å². The molecule has 0 saturated heterocycles. The van der Waals surface area contributed by atoms with Crippen LogP contribution in [0.1, 0.15) is 19.7 Å². The van der Waals surface area contributed by atoms with Crippen molar-refractivity contribution in [1.82, 2.24) is 9.97 Å². The van der Waals surface area contributed by atoms with E-state index in [2.05, 4.69) is 44.7 Å². The van der Waals surface area contributed by atoms with Gasteiger partial charge in [0.15, 0.2) is 0 Å². The molecule has 0 spiro atoms. The normalized spacial score (nSPS) is 10.4. The lowest BCUT2D eigenvalue weighted by molar-refractivity contribution is 0.262. The maximum Gasteiger partial charge on any atom is 0.323 e. The van der Waals surface area contributed by atoms with Gasteiger partial charge in [0.25, 0.3) is 0 Å². The summed E-state index contributed by atoms with van der Waals surface area (Å²) in [4.78, 5) is 23.2. The third kappa shape index (κ3) is 5.66. The number of anilines is 5. The zero-order chi connectivity index (χ0) is 21.5. The van der Waals surface area contributed by atoms with Crippen LogP contribution in [0, 0.1) is 12.7 Å². The SMILES string of the molecule is CCN(CC)c1cc(Nc2ccc(NC(=O)Nc3cccc(F)c3)cc2)nc(C)n1.